The van der Waals surface area contributed by atoms with Crippen LogP contribution in [0.5, 0.6) is 0 Å². The van der Waals surface area contributed by atoms with E-state index in [1.54, 1.807) is 0 Å². The van der Waals surface area contributed by atoms with Crippen LogP contribution in [0, 0.1) is 5.92 Å². The predicted octanol–water partition coefficient (Wildman–Crippen LogP) is 1.35. The molecule has 2 fully saturated rings. The summed E-state index contributed by atoms with van der Waals surface area (Å²) in [7, 11) is 1.83. The van der Waals surface area contributed by atoms with Crippen molar-refractivity contribution in [2.45, 2.75) is 32.2 Å². The average Bonchev–Trinajstić information content (AvgIpc) is 3.26. The van der Waals surface area contributed by atoms with Crippen LogP contribution in [0.15, 0.2) is 0 Å². The average molecular weight is 292 g/mol. The Morgan fingerprint density at radius 1 is 1.19 bits per heavy atom. The molecule has 2 aliphatic rings. The molecule has 1 aliphatic carbocycles. The first kappa shape index (κ1) is 14.3. The van der Waals surface area contributed by atoms with Gasteiger partial charge in [0.15, 0.2) is 0 Å². The second-order valence-corrected chi connectivity index (χ2v) is 5.67. The van der Waals surface area contributed by atoms with E-state index in [-0.39, 0.29) is 0 Å². The minimum absolute atomic E-state index is 0.523. The predicted molar refractivity (Wildman–Crippen MR) is 82.8 cm³/mol. The third-order valence-electron chi connectivity index (χ3n) is 4.04. The number of nitrogens with one attached hydrogen (secondary N) is 2. The topological polar surface area (TPSA) is 75.2 Å². The molecule has 1 aliphatic heterocycles. The summed E-state index contributed by atoms with van der Waals surface area (Å²) in [4.78, 5) is 15.6. The Morgan fingerprint density at radius 2 is 1.95 bits per heavy atom. The summed E-state index contributed by atoms with van der Waals surface area (Å²) in [5.41, 5.74) is 0. The van der Waals surface area contributed by atoms with Crippen LogP contribution in [0.1, 0.15) is 26.2 Å². The van der Waals surface area contributed by atoms with Gasteiger partial charge in [0.25, 0.3) is 0 Å². The van der Waals surface area contributed by atoms with Crippen molar-refractivity contribution in [1.29, 1.82) is 0 Å². The highest BCUT2D eigenvalue weighted by Gasteiger charge is 2.36. The van der Waals surface area contributed by atoms with Crippen molar-refractivity contribution in [1.82, 2.24) is 15.0 Å². The van der Waals surface area contributed by atoms with Gasteiger partial charge in [-0.2, -0.15) is 15.0 Å². The summed E-state index contributed by atoms with van der Waals surface area (Å²) in [5, 5.41) is 6.46. The summed E-state index contributed by atoms with van der Waals surface area (Å²) in [6.45, 7) is 5.34. The van der Waals surface area contributed by atoms with Crippen molar-refractivity contribution >= 4 is 17.8 Å². The maximum atomic E-state index is 5.38. The molecule has 7 nitrogen and oxygen atoms in total. The van der Waals surface area contributed by atoms with E-state index in [1.807, 2.05) is 7.05 Å². The maximum Gasteiger partial charge on any atom is 0.232 e. The molecule has 0 aromatic carbocycles. The number of anilines is 3. The van der Waals surface area contributed by atoms with E-state index in [0.29, 0.717) is 17.9 Å². The summed E-state index contributed by atoms with van der Waals surface area (Å²) in [6.07, 6.45) is 3.74. The number of aromatic nitrogens is 3. The first-order valence-corrected chi connectivity index (χ1v) is 7.83. The lowest BCUT2D eigenvalue weighted by atomic mass is 10.2. The van der Waals surface area contributed by atoms with Crippen molar-refractivity contribution in [3.05, 3.63) is 0 Å². The summed E-state index contributed by atoms with van der Waals surface area (Å²) in [5.74, 6) is 2.80. The van der Waals surface area contributed by atoms with E-state index in [4.69, 9.17) is 4.74 Å². The van der Waals surface area contributed by atoms with Gasteiger partial charge in [0.2, 0.25) is 17.8 Å². The number of rotatable bonds is 6. The Kier molecular flexibility index (Phi) is 4.38. The third kappa shape index (κ3) is 3.53. The molecule has 0 radical (unpaired) electrons. The molecule has 21 heavy (non-hydrogen) atoms. The van der Waals surface area contributed by atoms with E-state index in [2.05, 4.69) is 37.4 Å². The summed E-state index contributed by atoms with van der Waals surface area (Å²) >= 11 is 0. The number of hydrogen-bond acceptors (Lipinski definition) is 7. The van der Waals surface area contributed by atoms with Crippen LogP contribution in [0.3, 0.4) is 0 Å². The Bertz CT molecular complexity index is 477. The Morgan fingerprint density at radius 3 is 2.67 bits per heavy atom. The fourth-order valence-corrected chi connectivity index (χ4v) is 2.73. The van der Waals surface area contributed by atoms with Crippen LogP contribution in [0.4, 0.5) is 17.8 Å². The maximum absolute atomic E-state index is 5.38. The quantitative estimate of drug-likeness (QED) is 0.819. The highest BCUT2D eigenvalue weighted by atomic mass is 16.5. The van der Waals surface area contributed by atoms with E-state index < -0.39 is 0 Å². The highest BCUT2D eigenvalue weighted by molar-refractivity contribution is 5.44. The molecule has 2 atom stereocenters. The molecular formula is C14H24N6O. The van der Waals surface area contributed by atoms with Gasteiger partial charge in [0.05, 0.1) is 13.2 Å². The zero-order chi connectivity index (χ0) is 14.7. The van der Waals surface area contributed by atoms with Gasteiger partial charge in [-0.3, -0.25) is 0 Å². The second-order valence-electron chi connectivity index (χ2n) is 5.67. The number of morpholine rings is 1. The number of nitrogens with zero attached hydrogens (tertiary/aromatic N) is 4. The summed E-state index contributed by atoms with van der Waals surface area (Å²) in [6, 6.07) is 0.523. The zero-order valence-corrected chi connectivity index (χ0v) is 12.8. The van der Waals surface area contributed by atoms with E-state index in [0.717, 1.165) is 38.2 Å². The summed E-state index contributed by atoms with van der Waals surface area (Å²) < 4.78 is 5.38. The molecule has 0 amide bonds. The first-order valence-electron chi connectivity index (χ1n) is 7.83. The molecule has 2 N–H and O–H groups in total. The van der Waals surface area contributed by atoms with Crippen LogP contribution >= 0.6 is 0 Å². The Balaban J connectivity index is 1.71. The van der Waals surface area contributed by atoms with Crippen LogP contribution in [-0.4, -0.2) is 54.3 Å². The van der Waals surface area contributed by atoms with Gasteiger partial charge in [-0.1, -0.05) is 13.3 Å². The van der Waals surface area contributed by atoms with Crippen LogP contribution in [0.25, 0.3) is 0 Å². The van der Waals surface area contributed by atoms with Crippen LogP contribution in [-0.2, 0) is 4.74 Å². The number of hydrogen-bond donors (Lipinski definition) is 2. The molecule has 1 saturated carbocycles. The lowest BCUT2D eigenvalue weighted by molar-refractivity contribution is 0.122. The first-order chi connectivity index (χ1) is 10.3. The van der Waals surface area contributed by atoms with Crippen molar-refractivity contribution in [3.63, 3.8) is 0 Å². The normalized spacial score (nSPS) is 24.8. The van der Waals surface area contributed by atoms with Crippen molar-refractivity contribution in [2.24, 2.45) is 5.92 Å². The van der Waals surface area contributed by atoms with E-state index in [9.17, 15) is 0 Å². The second kappa shape index (κ2) is 6.43. The highest BCUT2D eigenvalue weighted by Crippen LogP contribution is 2.36. The molecule has 1 aromatic heterocycles. The molecule has 1 saturated heterocycles. The third-order valence-corrected chi connectivity index (χ3v) is 4.04. The Labute approximate surface area is 125 Å². The van der Waals surface area contributed by atoms with Gasteiger partial charge >= 0.3 is 0 Å². The van der Waals surface area contributed by atoms with Crippen LogP contribution < -0.4 is 15.5 Å². The molecule has 7 heteroatoms. The SMILES string of the molecule is CCCC1CC1Nc1nc(NC)nc(N2CCOCC2)n1. The zero-order valence-electron chi connectivity index (χ0n) is 12.8. The molecular weight excluding hydrogens is 268 g/mol. The van der Waals surface area contributed by atoms with Crippen LogP contribution in [0.2, 0.25) is 0 Å². The minimum Gasteiger partial charge on any atom is -0.378 e. The molecule has 2 heterocycles. The van der Waals surface area contributed by atoms with Gasteiger partial charge < -0.3 is 20.3 Å². The molecule has 1 aromatic rings. The van der Waals surface area contributed by atoms with Gasteiger partial charge in [-0.15, -0.1) is 0 Å². The van der Waals surface area contributed by atoms with Crippen molar-refractivity contribution < 1.29 is 4.74 Å². The van der Waals surface area contributed by atoms with Gasteiger partial charge in [-0.25, -0.2) is 0 Å². The molecule has 116 valence electrons. The van der Waals surface area contributed by atoms with Gasteiger partial charge in [0, 0.05) is 26.2 Å². The Hall–Kier alpha value is -1.63. The van der Waals surface area contributed by atoms with Gasteiger partial charge in [0.1, 0.15) is 0 Å². The van der Waals surface area contributed by atoms with E-state index in [1.165, 1.54) is 19.3 Å². The molecule has 0 bridgehead atoms. The fraction of sp³-hybridized carbons (Fsp3) is 0.786. The smallest absolute Gasteiger partial charge is 0.232 e. The van der Waals surface area contributed by atoms with Crippen molar-refractivity contribution in [3.8, 4) is 0 Å². The largest absolute Gasteiger partial charge is 0.378 e. The monoisotopic (exact) mass is 292 g/mol. The molecule has 0 spiro atoms. The fourth-order valence-electron chi connectivity index (χ4n) is 2.73. The lowest BCUT2D eigenvalue weighted by Gasteiger charge is -2.27. The molecule has 2 unspecified atom stereocenters. The van der Waals surface area contributed by atoms with Crippen molar-refractivity contribution in [2.75, 3.05) is 48.9 Å². The lowest BCUT2D eigenvalue weighted by Crippen LogP contribution is -2.37. The number of ether oxygens (including phenoxy) is 1. The van der Waals surface area contributed by atoms with E-state index >= 15 is 0 Å². The minimum atomic E-state index is 0.523. The molecule has 3 rings (SSSR count). The standard InChI is InChI=1S/C14H24N6O/c1-3-4-10-9-11(10)16-13-17-12(15-2)18-14(19-13)20-5-7-21-8-6-20/h10-11H,3-9H2,1-2H3,(H2,15,16,17,18,19). The van der Waals surface area contributed by atoms with Gasteiger partial charge in [-0.05, 0) is 18.8 Å².